The van der Waals surface area contributed by atoms with Crippen LogP contribution in [0.15, 0.2) is 42.5 Å². The molecule has 0 aliphatic carbocycles. The second-order valence-electron chi connectivity index (χ2n) is 6.49. The van der Waals surface area contributed by atoms with Crippen molar-refractivity contribution in [2.75, 3.05) is 38.2 Å². The maximum Gasteiger partial charge on any atom is 0.255 e. The van der Waals surface area contributed by atoms with Gasteiger partial charge in [-0.3, -0.25) is 9.69 Å². The fourth-order valence-corrected chi connectivity index (χ4v) is 3.50. The van der Waals surface area contributed by atoms with E-state index < -0.39 is 6.10 Å². The van der Waals surface area contributed by atoms with Gasteiger partial charge in [0.25, 0.3) is 5.91 Å². The number of ether oxygens (including phenoxy) is 1. The molecule has 0 spiro atoms. The highest BCUT2D eigenvalue weighted by molar-refractivity contribution is 6.35. The van der Waals surface area contributed by atoms with Crippen LogP contribution in [0, 0.1) is 0 Å². The molecule has 0 aromatic heterocycles. The standard InChI is InChI=1S/C20H22Cl2N2O3/c21-16-11-15(12-17(22)13-16)20(26)23-18-3-1-14(2-4-18)19(25)5-6-24-7-9-27-10-8-24/h1-4,11-13,19,25H,5-10H2,(H,23,26). The van der Waals surface area contributed by atoms with Crippen molar-refractivity contribution >= 4 is 34.8 Å². The summed E-state index contributed by atoms with van der Waals surface area (Å²) in [6.45, 7) is 4.15. The summed E-state index contributed by atoms with van der Waals surface area (Å²) in [5.41, 5.74) is 1.86. The van der Waals surface area contributed by atoms with Crippen LogP contribution < -0.4 is 5.32 Å². The SMILES string of the molecule is O=C(Nc1ccc(C(O)CCN2CCOCC2)cc1)c1cc(Cl)cc(Cl)c1. The lowest BCUT2D eigenvalue weighted by atomic mass is 10.1. The van der Waals surface area contributed by atoms with Crippen LogP contribution in [-0.4, -0.2) is 48.8 Å². The van der Waals surface area contributed by atoms with Crippen LogP contribution in [-0.2, 0) is 4.74 Å². The third kappa shape index (κ3) is 5.92. The Kier molecular flexibility index (Phi) is 7.10. The first-order valence-corrected chi connectivity index (χ1v) is 9.62. The minimum absolute atomic E-state index is 0.292. The highest BCUT2D eigenvalue weighted by atomic mass is 35.5. The van der Waals surface area contributed by atoms with E-state index >= 15 is 0 Å². The van der Waals surface area contributed by atoms with Gasteiger partial charge in [-0.15, -0.1) is 0 Å². The highest BCUT2D eigenvalue weighted by Crippen LogP contribution is 2.22. The molecule has 1 fully saturated rings. The smallest absolute Gasteiger partial charge is 0.255 e. The number of carbonyl (C=O) groups is 1. The molecule has 144 valence electrons. The Labute approximate surface area is 168 Å². The van der Waals surface area contributed by atoms with Crippen molar-refractivity contribution < 1.29 is 14.6 Å². The Morgan fingerprint density at radius 3 is 2.37 bits per heavy atom. The maximum atomic E-state index is 12.3. The van der Waals surface area contributed by atoms with E-state index in [1.165, 1.54) is 0 Å². The molecule has 3 rings (SSSR count). The number of hydrogen-bond acceptors (Lipinski definition) is 4. The summed E-state index contributed by atoms with van der Waals surface area (Å²) >= 11 is 11.9. The van der Waals surface area contributed by atoms with E-state index in [0.717, 1.165) is 38.4 Å². The maximum absolute atomic E-state index is 12.3. The van der Waals surface area contributed by atoms with Gasteiger partial charge in [-0.25, -0.2) is 0 Å². The summed E-state index contributed by atoms with van der Waals surface area (Å²) in [5, 5.41) is 14.0. The highest BCUT2D eigenvalue weighted by Gasteiger charge is 2.14. The van der Waals surface area contributed by atoms with E-state index in [0.29, 0.717) is 27.7 Å². The molecule has 2 aromatic rings. The summed E-state index contributed by atoms with van der Waals surface area (Å²) in [5.74, 6) is -0.292. The van der Waals surface area contributed by atoms with Crippen LogP contribution in [0.5, 0.6) is 0 Å². The average Bonchev–Trinajstić information content (AvgIpc) is 2.66. The van der Waals surface area contributed by atoms with Gasteiger partial charge in [0.2, 0.25) is 0 Å². The second-order valence-corrected chi connectivity index (χ2v) is 7.37. The lowest BCUT2D eigenvalue weighted by molar-refractivity contribution is 0.0300. The number of carbonyl (C=O) groups excluding carboxylic acids is 1. The molecule has 27 heavy (non-hydrogen) atoms. The largest absolute Gasteiger partial charge is 0.388 e. The lowest BCUT2D eigenvalue weighted by Gasteiger charge is -2.27. The number of halogens is 2. The van der Waals surface area contributed by atoms with Crippen molar-refractivity contribution in [1.82, 2.24) is 4.90 Å². The van der Waals surface area contributed by atoms with Crippen molar-refractivity contribution in [3.05, 3.63) is 63.6 Å². The molecule has 1 aliphatic rings. The van der Waals surface area contributed by atoms with Gasteiger partial charge in [0.05, 0.1) is 19.3 Å². The fraction of sp³-hybridized carbons (Fsp3) is 0.350. The Hall–Kier alpha value is -1.63. The summed E-state index contributed by atoms with van der Waals surface area (Å²) < 4.78 is 5.33. The predicted molar refractivity (Wildman–Crippen MR) is 108 cm³/mol. The van der Waals surface area contributed by atoms with Crippen molar-refractivity contribution in [3.63, 3.8) is 0 Å². The second kappa shape index (κ2) is 9.53. The van der Waals surface area contributed by atoms with Gasteiger partial charge in [-0.05, 0) is 42.3 Å². The van der Waals surface area contributed by atoms with Crippen molar-refractivity contribution in [3.8, 4) is 0 Å². The molecular weight excluding hydrogens is 387 g/mol. The Morgan fingerprint density at radius 1 is 1.11 bits per heavy atom. The predicted octanol–water partition coefficient (Wildman–Crippen LogP) is 4.00. The third-order valence-electron chi connectivity index (χ3n) is 4.50. The molecule has 1 heterocycles. The first-order chi connectivity index (χ1) is 13.0. The van der Waals surface area contributed by atoms with Crippen LogP contribution in [0.25, 0.3) is 0 Å². The number of aliphatic hydroxyl groups excluding tert-OH is 1. The summed E-state index contributed by atoms with van der Waals surface area (Å²) in [4.78, 5) is 14.6. The van der Waals surface area contributed by atoms with Gasteiger partial charge in [-0.1, -0.05) is 35.3 Å². The Balaban J connectivity index is 1.55. The van der Waals surface area contributed by atoms with E-state index in [2.05, 4.69) is 10.2 Å². The fourth-order valence-electron chi connectivity index (χ4n) is 2.97. The molecular formula is C20H22Cl2N2O3. The number of rotatable bonds is 6. The number of amides is 1. The average molecular weight is 409 g/mol. The molecule has 1 unspecified atom stereocenters. The van der Waals surface area contributed by atoms with Gasteiger partial charge in [0, 0.05) is 40.9 Å². The zero-order valence-electron chi connectivity index (χ0n) is 14.8. The molecule has 1 saturated heterocycles. The van der Waals surface area contributed by atoms with Crippen LogP contribution >= 0.6 is 23.2 Å². The number of anilines is 1. The molecule has 1 atom stereocenters. The van der Waals surface area contributed by atoms with Crippen LogP contribution in [0.1, 0.15) is 28.4 Å². The summed E-state index contributed by atoms with van der Waals surface area (Å²) in [7, 11) is 0. The van der Waals surface area contributed by atoms with Crippen LogP contribution in [0.2, 0.25) is 10.0 Å². The van der Waals surface area contributed by atoms with Crippen molar-refractivity contribution in [1.29, 1.82) is 0 Å². The monoisotopic (exact) mass is 408 g/mol. The number of aliphatic hydroxyl groups is 1. The van der Waals surface area contributed by atoms with Crippen molar-refractivity contribution in [2.45, 2.75) is 12.5 Å². The molecule has 1 amide bonds. The van der Waals surface area contributed by atoms with E-state index in [9.17, 15) is 9.90 Å². The summed E-state index contributed by atoms with van der Waals surface area (Å²) in [6.07, 6.45) is 0.122. The molecule has 0 bridgehead atoms. The number of nitrogens with one attached hydrogen (secondary N) is 1. The minimum Gasteiger partial charge on any atom is -0.388 e. The van der Waals surface area contributed by atoms with Gasteiger partial charge in [0.15, 0.2) is 0 Å². The topological polar surface area (TPSA) is 61.8 Å². The first kappa shape index (κ1) is 20.1. The Morgan fingerprint density at radius 2 is 1.74 bits per heavy atom. The van der Waals surface area contributed by atoms with Gasteiger partial charge < -0.3 is 15.2 Å². The first-order valence-electron chi connectivity index (χ1n) is 8.87. The lowest BCUT2D eigenvalue weighted by Crippen LogP contribution is -2.37. The number of benzene rings is 2. The molecule has 5 nitrogen and oxygen atoms in total. The van der Waals surface area contributed by atoms with Crippen LogP contribution in [0.3, 0.4) is 0 Å². The number of nitrogens with zero attached hydrogens (tertiary/aromatic N) is 1. The molecule has 2 aromatic carbocycles. The molecule has 0 saturated carbocycles. The number of hydrogen-bond donors (Lipinski definition) is 2. The van der Waals surface area contributed by atoms with Crippen molar-refractivity contribution in [2.24, 2.45) is 0 Å². The quantitative estimate of drug-likeness (QED) is 0.757. The zero-order chi connectivity index (χ0) is 19.2. The minimum atomic E-state index is -0.538. The Bertz CT molecular complexity index is 757. The normalized spacial score (nSPS) is 16.1. The zero-order valence-corrected chi connectivity index (χ0v) is 16.3. The van der Waals surface area contributed by atoms with Gasteiger partial charge >= 0.3 is 0 Å². The number of morpholine rings is 1. The molecule has 7 heteroatoms. The van der Waals surface area contributed by atoms with Gasteiger partial charge in [0.1, 0.15) is 0 Å². The molecule has 2 N–H and O–H groups in total. The van der Waals surface area contributed by atoms with E-state index in [1.807, 2.05) is 12.1 Å². The van der Waals surface area contributed by atoms with Crippen LogP contribution in [0.4, 0.5) is 5.69 Å². The third-order valence-corrected chi connectivity index (χ3v) is 4.94. The van der Waals surface area contributed by atoms with E-state index in [4.69, 9.17) is 27.9 Å². The van der Waals surface area contributed by atoms with E-state index in [1.54, 1.807) is 30.3 Å². The molecule has 1 aliphatic heterocycles. The molecule has 0 radical (unpaired) electrons. The summed E-state index contributed by atoms with van der Waals surface area (Å²) in [6, 6.07) is 11.9. The van der Waals surface area contributed by atoms with Gasteiger partial charge in [-0.2, -0.15) is 0 Å². The van der Waals surface area contributed by atoms with E-state index in [-0.39, 0.29) is 5.91 Å².